The van der Waals surface area contributed by atoms with E-state index in [-0.39, 0.29) is 17.3 Å². The molecule has 166 valence electrons. The molecule has 0 atom stereocenters. The summed E-state index contributed by atoms with van der Waals surface area (Å²) in [5.74, 6) is -0.209. The maximum atomic E-state index is 13.1. The van der Waals surface area contributed by atoms with Gasteiger partial charge >= 0.3 is 0 Å². The van der Waals surface area contributed by atoms with Gasteiger partial charge in [0.25, 0.3) is 21.8 Å². The number of ether oxygens (including phenoxy) is 1. The molecule has 3 aromatic rings. The number of anilines is 1. The van der Waals surface area contributed by atoms with Gasteiger partial charge in [-0.2, -0.15) is 5.10 Å². The minimum atomic E-state index is -3.91. The number of sulfonamides is 1. The molecule has 32 heavy (non-hydrogen) atoms. The van der Waals surface area contributed by atoms with Gasteiger partial charge in [-0.15, -0.1) is 0 Å². The lowest BCUT2D eigenvalue weighted by Crippen LogP contribution is -2.32. The number of methoxy groups -OCH3 is 1. The third kappa shape index (κ3) is 3.52. The summed E-state index contributed by atoms with van der Waals surface area (Å²) < 4.78 is 35.4. The van der Waals surface area contributed by atoms with E-state index >= 15 is 0 Å². The Morgan fingerprint density at radius 2 is 1.66 bits per heavy atom. The molecule has 2 amide bonds. The van der Waals surface area contributed by atoms with E-state index in [2.05, 4.69) is 9.82 Å². The smallest absolute Gasteiger partial charge is 0.263 e. The number of carbonyl (C=O) groups is 2. The number of hydrogen-bond donors (Lipinski definition) is 1. The average molecular weight is 455 g/mol. The van der Waals surface area contributed by atoms with Crippen molar-refractivity contribution in [2.75, 3.05) is 11.8 Å². The second-order valence-corrected chi connectivity index (χ2v) is 9.19. The molecule has 0 radical (unpaired) electrons. The van der Waals surface area contributed by atoms with Crippen LogP contribution in [0, 0.1) is 20.8 Å². The number of fused-ring (bicyclic) bond motifs is 1. The Balaban J connectivity index is 1.56. The number of imide groups is 1. The second-order valence-electron chi connectivity index (χ2n) is 7.57. The van der Waals surface area contributed by atoms with E-state index < -0.39 is 21.8 Å². The molecule has 0 saturated carbocycles. The Kier molecular flexibility index (Phi) is 5.25. The quantitative estimate of drug-likeness (QED) is 0.574. The Hall–Kier alpha value is -3.66. The zero-order valence-electron chi connectivity index (χ0n) is 18.0. The van der Waals surface area contributed by atoms with Crippen LogP contribution in [0.5, 0.6) is 5.75 Å². The molecule has 0 bridgehead atoms. The Morgan fingerprint density at radius 1 is 1.03 bits per heavy atom. The summed E-state index contributed by atoms with van der Waals surface area (Å²) >= 11 is 0. The molecule has 2 aromatic carbocycles. The van der Waals surface area contributed by atoms with Crippen molar-refractivity contribution >= 4 is 27.5 Å². The summed E-state index contributed by atoms with van der Waals surface area (Å²) in [6.45, 7) is 5.10. The molecule has 9 nitrogen and oxygen atoms in total. The van der Waals surface area contributed by atoms with Gasteiger partial charge in [0.1, 0.15) is 12.4 Å². The van der Waals surface area contributed by atoms with Gasteiger partial charge in [0.15, 0.2) is 0 Å². The molecule has 0 fully saturated rings. The van der Waals surface area contributed by atoms with Gasteiger partial charge < -0.3 is 4.74 Å². The maximum absolute atomic E-state index is 13.1. The number of hydrogen-bond acceptors (Lipinski definition) is 6. The normalized spacial score (nSPS) is 13.4. The molecule has 0 aliphatic carbocycles. The lowest BCUT2D eigenvalue weighted by molar-refractivity contribution is 0.0597. The fourth-order valence-corrected chi connectivity index (χ4v) is 5.42. The second kappa shape index (κ2) is 7.79. The molecule has 1 aliphatic rings. The largest absolute Gasteiger partial charge is 0.496 e. The van der Waals surface area contributed by atoms with Crippen LogP contribution in [0.1, 0.15) is 37.4 Å². The Labute approximate surface area is 185 Å². The van der Waals surface area contributed by atoms with E-state index in [0.717, 1.165) is 10.5 Å². The number of aromatic nitrogens is 2. The molecule has 0 spiro atoms. The summed E-state index contributed by atoms with van der Waals surface area (Å²) in [5, 5.41) is 4.10. The SMILES string of the molecule is COc1cc(C)c(S(=O)(=O)Nc2cnn(CN3C(=O)c4ccccc4C3=O)c2)c(C)c1C. The number of benzene rings is 2. The molecule has 2 heterocycles. The van der Waals surface area contributed by atoms with Crippen LogP contribution in [0.25, 0.3) is 0 Å². The van der Waals surface area contributed by atoms with Crippen LogP contribution >= 0.6 is 0 Å². The van der Waals surface area contributed by atoms with E-state index in [0.29, 0.717) is 28.0 Å². The summed E-state index contributed by atoms with van der Waals surface area (Å²) in [5.41, 5.74) is 2.77. The van der Waals surface area contributed by atoms with Gasteiger partial charge in [0.05, 0.1) is 41.2 Å². The number of nitrogens with one attached hydrogen (secondary N) is 1. The zero-order chi connectivity index (χ0) is 23.2. The zero-order valence-corrected chi connectivity index (χ0v) is 18.9. The van der Waals surface area contributed by atoms with Crippen molar-refractivity contribution < 1.29 is 22.7 Å². The van der Waals surface area contributed by atoms with Crippen molar-refractivity contribution in [3.8, 4) is 5.75 Å². The molecular weight excluding hydrogens is 432 g/mol. The topological polar surface area (TPSA) is 111 Å². The molecular formula is C22H22N4O5S. The summed E-state index contributed by atoms with van der Waals surface area (Å²) in [4.78, 5) is 26.3. The van der Waals surface area contributed by atoms with Crippen molar-refractivity contribution in [3.05, 3.63) is 70.5 Å². The molecule has 4 rings (SSSR count). The van der Waals surface area contributed by atoms with Crippen LogP contribution in [-0.4, -0.2) is 42.0 Å². The lowest BCUT2D eigenvalue weighted by atomic mass is 10.1. The van der Waals surface area contributed by atoms with E-state index in [9.17, 15) is 18.0 Å². The van der Waals surface area contributed by atoms with Crippen LogP contribution in [0.15, 0.2) is 47.6 Å². The number of aryl methyl sites for hydroxylation is 1. The van der Waals surface area contributed by atoms with Crippen molar-refractivity contribution in [3.63, 3.8) is 0 Å². The first-order chi connectivity index (χ1) is 15.1. The first-order valence-corrected chi connectivity index (χ1v) is 11.3. The number of carbonyl (C=O) groups excluding carboxylic acids is 2. The van der Waals surface area contributed by atoms with Gasteiger partial charge in [-0.3, -0.25) is 23.9 Å². The average Bonchev–Trinajstić information content (AvgIpc) is 3.28. The summed E-state index contributed by atoms with van der Waals surface area (Å²) in [7, 11) is -2.37. The molecule has 10 heteroatoms. The Bertz CT molecular complexity index is 1330. The van der Waals surface area contributed by atoms with E-state index in [1.807, 2.05) is 0 Å². The third-order valence-electron chi connectivity index (χ3n) is 5.52. The Morgan fingerprint density at radius 3 is 2.25 bits per heavy atom. The van der Waals surface area contributed by atoms with Crippen molar-refractivity contribution in [1.82, 2.24) is 14.7 Å². The summed E-state index contributed by atoms with van der Waals surface area (Å²) in [6, 6.07) is 8.26. The fraction of sp³-hybridized carbons (Fsp3) is 0.227. The van der Waals surface area contributed by atoms with E-state index in [4.69, 9.17) is 4.74 Å². The van der Waals surface area contributed by atoms with Crippen molar-refractivity contribution in [1.29, 1.82) is 0 Å². The summed E-state index contributed by atoms with van der Waals surface area (Å²) in [6.07, 6.45) is 2.76. The van der Waals surface area contributed by atoms with Gasteiger partial charge in [0, 0.05) is 0 Å². The molecule has 0 saturated heterocycles. The predicted octanol–water partition coefficient (Wildman–Crippen LogP) is 2.87. The van der Waals surface area contributed by atoms with E-state index in [1.165, 1.54) is 24.2 Å². The highest BCUT2D eigenvalue weighted by molar-refractivity contribution is 7.92. The highest BCUT2D eigenvalue weighted by Crippen LogP contribution is 2.31. The highest BCUT2D eigenvalue weighted by atomic mass is 32.2. The van der Waals surface area contributed by atoms with Gasteiger partial charge in [-0.25, -0.2) is 8.42 Å². The maximum Gasteiger partial charge on any atom is 0.263 e. The van der Waals surface area contributed by atoms with Crippen molar-refractivity contribution in [2.45, 2.75) is 32.3 Å². The molecule has 0 unspecified atom stereocenters. The van der Waals surface area contributed by atoms with Crippen LogP contribution in [0.3, 0.4) is 0 Å². The third-order valence-corrected chi connectivity index (χ3v) is 7.19. The monoisotopic (exact) mass is 454 g/mol. The first kappa shape index (κ1) is 21.6. The minimum Gasteiger partial charge on any atom is -0.496 e. The highest BCUT2D eigenvalue weighted by Gasteiger charge is 2.35. The van der Waals surface area contributed by atoms with Crippen molar-refractivity contribution in [2.24, 2.45) is 0 Å². The van der Waals surface area contributed by atoms with Crippen LogP contribution in [0.4, 0.5) is 5.69 Å². The molecule has 1 N–H and O–H groups in total. The minimum absolute atomic E-state index is 0.131. The van der Waals surface area contributed by atoms with Crippen LogP contribution in [-0.2, 0) is 16.7 Å². The van der Waals surface area contributed by atoms with Gasteiger partial charge in [-0.1, -0.05) is 12.1 Å². The standard InChI is InChI=1S/C22H22N4O5S/c1-13-9-19(31-4)14(2)15(3)20(13)32(29,30)24-16-10-23-25(11-16)12-26-21(27)17-7-5-6-8-18(17)22(26)28/h5-11,24H,12H2,1-4H3. The van der Waals surface area contributed by atoms with Crippen LogP contribution < -0.4 is 9.46 Å². The number of amides is 2. The van der Waals surface area contributed by atoms with Gasteiger partial charge in [-0.05, 0) is 55.7 Å². The van der Waals surface area contributed by atoms with Crippen LogP contribution in [0.2, 0.25) is 0 Å². The fourth-order valence-electron chi connectivity index (χ4n) is 3.86. The first-order valence-electron chi connectivity index (χ1n) is 9.79. The van der Waals surface area contributed by atoms with E-state index in [1.54, 1.807) is 51.1 Å². The predicted molar refractivity (Wildman–Crippen MR) is 117 cm³/mol. The number of nitrogens with zero attached hydrogens (tertiary/aromatic N) is 3. The number of rotatable bonds is 6. The van der Waals surface area contributed by atoms with Gasteiger partial charge in [0.2, 0.25) is 0 Å². The molecule has 1 aliphatic heterocycles. The molecule has 1 aromatic heterocycles. The lowest BCUT2D eigenvalue weighted by Gasteiger charge is -2.16.